The molecule has 2 aromatic rings. The maximum absolute atomic E-state index is 12.1. The molecule has 2 heterocycles. The van der Waals surface area contributed by atoms with Gasteiger partial charge in [-0.2, -0.15) is 8.75 Å². The maximum atomic E-state index is 12.1. The number of nitrogens with zero attached hydrogens (tertiary/aromatic N) is 4. The Bertz CT molecular complexity index is 717. The molecule has 1 N–H and O–H groups in total. The summed E-state index contributed by atoms with van der Waals surface area (Å²) in [5.74, 6) is 0.178. The third-order valence-electron chi connectivity index (χ3n) is 3.91. The van der Waals surface area contributed by atoms with Crippen molar-refractivity contribution < 1.29 is 9.59 Å². The van der Waals surface area contributed by atoms with Crippen molar-refractivity contribution in [3.8, 4) is 0 Å². The van der Waals surface area contributed by atoms with E-state index in [1.165, 1.54) is 11.7 Å². The number of amides is 3. The predicted molar refractivity (Wildman–Crippen MR) is 88.1 cm³/mol. The van der Waals surface area contributed by atoms with Crippen LogP contribution < -0.4 is 5.32 Å². The van der Waals surface area contributed by atoms with E-state index < -0.39 is 0 Å². The summed E-state index contributed by atoms with van der Waals surface area (Å²) in [5, 5.41) is 2.85. The first-order chi connectivity index (χ1) is 11.1. The third kappa shape index (κ3) is 3.76. The van der Waals surface area contributed by atoms with E-state index in [-0.39, 0.29) is 11.9 Å². The molecule has 23 heavy (non-hydrogen) atoms. The second kappa shape index (κ2) is 6.91. The fourth-order valence-electron chi connectivity index (χ4n) is 2.64. The molecule has 1 aliphatic rings. The molecule has 1 aromatic carbocycles. The lowest BCUT2D eigenvalue weighted by Crippen LogP contribution is -2.41. The van der Waals surface area contributed by atoms with Crippen LogP contribution in [-0.4, -0.2) is 57.2 Å². The van der Waals surface area contributed by atoms with E-state index in [9.17, 15) is 9.59 Å². The first kappa shape index (κ1) is 15.7. The van der Waals surface area contributed by atoms with Crippen LogP contribution >= 0.6 is 11.7 Å². The van der Waals surface area contributed by atoms with Crippen LogP contribution in [0.5, 0.6) is 0 Å². The molecular formula is C15H19N5O2S. The number of urea groups is 1. The second-order valence-electron chi connectivity index (χ2n) is 5.66. The molecule has 1 saturated heterocycles. The number of carbonyl (C=O) groups excluding carboxylic acids is 2. The number of rotatable bonds is 5. The van der Waals surface area contributed by atoms with Gasteiger partial charge in [0.1, 0.15) is 11.0 Å². The molecular weight excluding hydrogens is 314 g/mol. The molecule has 8 heteroatoms. The van der Waals surface area contributed by atoms with Gasteiger partial charge in [0.15, 0.2) is 0 Å². The van der Waals surface area contributed by atoms with Crippen molar-refractivity contribution in [2.24, 2.45) is 0 Å². The normalized spacial score (nSPS) is 14.5. The number of nitrogens with one attached hydrogen (secondary N) is 1. The molecule has 3 rings (SSSR count). The topological polar surface area (TPSA) is 78.4 Å². The van der Waals surface area contributed by atoms with Crippen LogP contribution in [0.4, 0.5) is 4.79 Å². The Balaban J connectivity index is 1.47. The van der Waals surface area contributed by atoms with Gasteiger partial charge in [0.2, 0.25) is 5.91 Å². The third-order valence-corrected chi connectivity index (χ3v) is 4.47. The van der Waals surface area contributed by atoms with Crippen LogP contribution in [0.2, 0.25) is 0 Å². The molecule has 0 bridgehead atoms. The summed E-state index contributed by atoms with van der Waals surface area (Å²) >= 11 is 1.18. The van der Waals surface area contributed by atoms with Crippen molar-refractivity contribution in [2.45, 2.75) is 19.4 Å². The smallest absolute Gasteiger partial charge is 0.317 e. The number of hydrogen-bond donors (Lipinski definition) is 1. The number of benzene rings is 1. The standard InChI is InChI=1S/C15H19N5O2S/c1-19(10-11-4-5-12-13(9-11)18-23-17-12)15(22)16-6-8-20-7-2-3-14(20)21/h4-5,9H,2-3,6-8,10H2,1H3,(H,16,22). The minimum Gasteiger partial charge on any atom is -0.341 e. The number of hydrogen-bond acceptors (Lipinski definition) is 5. The molecule has 1 fully saturated rings. The van der Waals surface area contributed by atoms with Gasteiger partial charge in [0.05, 0.1) is 11.7 Å². The van der Waals surface area contributed by atoms with Gasteiger partial charge in [-0.1, -0.05) is 6.07 Å². The fourth-order valence-corrected chi connectivity index (χ4v) is 3.16. The number of aromatic nitrogens is 2. The van der Waals surface area contributed by atoms with Crippen molar-refractivity contribution in [3.05, 3.63) is 23.8 Å². The average Bonchev–Trinajstić information content (AvgIpc) is 3.15. The van der Waals surface area contributed by atoms with E-state index in [0.717, 1.165) is 29.6 Å². The lowest BCUT2D eigenvalue weighted by Gasteiger charge is -2.20. The van der Waals surface area contributed by atoms with Crippen molar-refractivity contribution in [3.63, 3.8) is 0 Å². The van der Waals surface area contributed by atoms with Gasteiger partial charge in [0, 0.05) is 39.6 Å². The number of likely N-dealkylation sites (tertiary alicyclic amines) is 1. The minimum absolute atomic E-state index is 0.145. The van der Waals surface area contributed by atoms with Crippen LogP contribution in [0.15, 0.2) is 18.2 Å². The quantitative estimate of drug-likeness (QED) is 0.898. The van der Waals surface area contributed by atoms with Gasteiger partial charge < -0.3 is 15.1 Å². The van der Waals surface area contributed by atoms with Crippen LogP contribution in [-0.2, 0) is 11.3 Å². The SMILES string of the molecule is CN(Cc1ccc2nsnc2c1)C(=O)NCCN1CCCC1=O. The first-order valence-corrected chi connectivity index (χ1v) is 8.34. The predicted octanol–water partition coefficient (Wildman–Crippen LogP) is 1.46. The zero-order chi connectivity index (χ0) is 16.2. The summed E-state index contributed by atoms with van der Waals surface area (Å²) < 4.78 is 8.37. The molecule has 7 nitrogen and oxygen atoms in total. The molecule has 0 radical (unpaired) electrons. The number of fused-ring (bicyclic) bond motifs is 1. The molecule has 1 aromatic heterocycles. The van der Waals surface area contributed by atoms with E-state index >= 15 is 0 Å². The van der Waals surface area contributed by atoms with Gasteiger partial charge in [-0.25, -0.2) is 4.79 Å². The van der Waals surface area contributed by atoms with Crippen LogP contribution in [0, 0.1) is 0 Å². The Morgan fingerprint density at radius 2 is 2.22 bits per heavy atom. The molecule has 3 amide bonds. The van der Waals surface area contributed by atoms with E-state index in [1.54, 1.807) is 16.8 Å². The zero-order valence-electron chi connectivity index (χ0n) is 13.0. The van der Waals surface area contributed by atoms with E-state index in [0.29, 0.717) is 26.1 Å². The van der Waals surface area contributed by atoms with Gasteiger partial charge in [-0.05, 0) is 24.1 Å². The van der Waals surface area contributed by atoms with Crippen molar-refractivity contribution in [1.82, 2.24) is 23.9 Å². The Hall–Kier alpha value is -2.22. The van der Waals surface area contributed by atoms with E-state index in [4.69, 9.17) is 0 Å². The van der Waals surface area contributed by atoms with E-state index in [1.807, 2.05) is 18.2 Å². The monoisotopic (exact) mass is 333 g/mol. The molecule has 0 spiro atoms. The van der Waals surface area contributed by atoms with Crippen molar-refractivity contribution >= 4 is 34.7 Å². The summed E-state index contributed by atoms with van der Waals surface area (Å²) in [5.41, 5.74) is 2.74. The summed E-state index contributed by atoms with van der Waals surface area (Å²) in [6.07, 6.45) is 1.54. The fraction of sp³-hybridized carbons (Fsp3) is 0.467. The highest BCUT2D eigenvalue weighted by atomic mass is 32.1. The molecule has 1 aliphatic heterocycles. The molecule has 0 aliphatic carbocycles. The lowest BCUT2D eigenvalue weighted by molar-refractivity contribution is -0.127. The molecule has 0 unspecified atom stereocenters. The van der Waals surface area contributed by atoms with Crippen LogP contribution in [0.1, 0.15) is 18.4 Å². The summed E-state index contributed by atoms with van der Waals surface area (Å²) in [6, 6.07) is 5.68. The average molecular weight is 333 g/mol. The highest BCUT2D eigenvalue weighted by Gasteiger charge is 2.19. The Morgan fingerprint density at radius 1 is 1.39 bits per heavy atom. The maximum Gasteiger partial charge on any atom is 0.317 e. The van der Waals surface area contributed by atoms with Crippen LogP contribution in [0.3, 0.4) is 0 Å². The summed E-state index contributed by atoms with van der Waals surface area (Å²) in [4.78, 5) is 27.0. The van der Waals surface area contributed by atoms with Crippen molar-refractivity contribution in [2.75, 3.05) is 26.7 Å². The Morgan fingerprint density at radius 3 is 3.00 bits per heavy atom. The highest BCUT2D eigenvalue weighted by Crippen LogP contribution is 2.14. The Kier molecular flexibility index (Phi) is 4.71. The summed E-state index contributed by atoms with van der Waals surface area (Å²) in [7, 11) is 1.75. The molecule has 0 saturated carbocycles. The van der Waals surface area contributed by atoms with Gasteiger partial charge in [0.25, 0.3) is 0 Å². The summed E-state index contributed by atoms with van der Waals surface area (Å²) in [6.45, 7) is 2.35. The zero-order valence-corrected chi connectivity index (χ0v) is 13.8. The number of carbonyl (C=O) groups is 2. The molecule has 0 atom stereocenters. The van der Waals surface area contributed by atoms with Gasteiger partial charge in [-0.3, -0.25) is 4.79 Å². The molecule has 122 valence electrons. The Labute approximate surface area is 138 Å². The van der Waals surface area contributed by atoms with Gasteiger partial charge in [-0.15, -0.1) is 0 Å². The van der Waals surface area contributed by atoms with Gasteiger partial charge >= 0.3 is 6.03 Å². The highest BCUT2D eigenvalue weighted by molar-refractivity contribution is 7.00. The first-order valence-electron chi connectivity index (χ1n) is 7.61. The van der Waals surface area contributed by atoms with E-state index in [2.05, 4.69) is 14.1 Å². The lowest BCUT2D eigenvalue weighted by atomic mass is 10.2. The second-order valence-corrected chi connectivity index (χ2v) is 6.19. The minimum atomic E-state index is -0.145. The largest absolute Gasteiger partial charge is 0.341 e. The van der Waals surface area contributed by atoms with Crippen molar-refractivity contribution in [1.29, 1.82) is 0 Å². The van der Waals surface area contributed by atoms with Crippen LogP contribution in [0.25, 0.3) is 11.0 Å².